The Hall–Kier alpha value is -3.00. The van der Waals surface area contributed by atoms with Crippen LogP contribution in [-0.2, 0) is 14.2 Å². The molecule has 3 aliphatic heterocycles. The standard InChI is InChI=1S/C24H29FN6O2.C4H9NO2.H2/c1-24(2)14-32-22(33-15-24)21-28-19(16-4-6-17(25)7-5-16)20(29-21)18-8-9-26-23(27-18)31-12-10-30(3)11-13-31;6-5-1-3-7-4-2-5;/h4-9,22H,10-15H2,1-3H3,(H,28,29);6H,1-4H2;1H. The Morgan fingerprint density at radius 1 is 0.975 bits per heavy atom. The van der Waals surface area contributed by atoms with Crippen molar-refractivity contribution >= 4 is 5.95 Å². The second-order valence-corrected chi connectivity index (χ2v) is 11.1. The molecule has 3 fully saturated rings. The van der Waals surface area contributed by atoms with Crippen LogP contribution in [0.2, 0.25) is 0 Å². The van der Waals surface area contributed by atoms with Crippen molar-refractivity contribution in [2.75, 3.05) is 77.6 Å². The summed E-state index contributed by atoms with van der Waals surface area (Å²) in [5, 5.41) is 9.93. The maximum absolute atomic E-state index is 13.6. The molecule has 0 spiro atoms. The molecule has 2 aromatic heterocycles. The minimum atomic E-state index is -0.593. The number of piperazine rings is 1. The van der Waals surface area contributed by atoms with Crippen LogP contribution in [0, 0.1) is 11.2 Å². The van der Waals surface area contributed by atoms with E-state index in [9.17, 15) is 4.39 Å². The molecule has 218 valence electrons. The molecule has 3 aromatic rings. The Morgan fingerprint density at radius 3 is 2.27 bits per heavy atom. The van der Waals surface area contributed by atoms with Crippen LogP contribution in [0.3, 0.4) is 0 Å². The molecular formula is C28H40FN7O4. The van der Waals surface area contributed by atoms with E-state index in [0.717, 1.165) is 37.4 Å². The van der Waals surface area contributed by atoms with Gasteiger partial charge in [-0.1, -0.05) is 13.8 Å². The molecule has 2 N–H and O–H groups in total. The molecule has 0 bridgehead atoms. The van der Waals surface area contributed by atoms with Crippen molar-refractivity contribution in [3.8, 4) is 22.6 Å². The number of morpholine rings is 1. The molecule has 40 heavy (non-hydrogen) atoms. The van der Waals surface area contributed by atoms with Crippen LogP contribution < -0.4 is 4.90 Å². The Morgan fingerprint density at radius 2 is 1.65 bits per heavy atom. The molecule has 0 radical (unpaired) electrons. The van der Waals surface area contributed by atoms with Crippen molar-refractivity contribution in [1.29, 1.82) is 0 Å². The lowest BCUT2D eigenvalue weighted by atomic mass is 9.96. The molecule has 5 heterocycles. The third-order valence-electron chi connectivity index (χ3n) is 6.99. The Bertz CT molecular complexity index is 1240. The van der Waals surface area contributed by atoms with Gasteiger partial charge in [-0.25, -0.2) is 19.3 Å². The highest BCUT2D eigenvalue weighted by molar-refractivity contribution is 5.77. The van der Waals surface area contributed by atoms with Crippen molar-refractivity contribution in [2.24, 2.45) is 5.41 Å². The van der Waals surface area contributed by atoms with Gasteiger partial charge in [0, 0.05) is 57.9 Å². The normalized spacial score (nSPS) is 20.7. The first-order valence-electron chi connectivity index (χ1n) is 13.6. The third kappa shape index (κ3) is 7.19. The van der Waals surface area contributed by atoms with Crippen molar-refractivity contribution in [1.82, 2.24) is 29.9 Å². The average Bonchev–Trinajstić information content (AvgIpc) is 3.40. The number of H-pyrrole nitrogens is 1. The van der Waals surface area contributed by atoms with E-state index in [-0.39, 0.29) is 12.7 Å². The van der Waals surface area contributed by atoms with E-state index in [1.807, 2.05) is 6.07 Å². The molecule has 0 atom stereocenters. The predicted molar refractivity (Wildman–Crippen MR) is 149 cm³/mol. The SMILES string of the molecule is CN1CCN(c2nccc(-c3[nH]c(C4OCC(C)(C)CO4)nc3-c3ccc(F)cc3)n2)CC1.ON1CCOCC1.[HH]. The second-order valence-electron chi connectivity index (χ2n) is 11.1. The van der Waals surface area contributed by atoms with Crippen molar-refractivity contribution in [3.05, 3.63) is 48.2 Å². The number of aromatic amines is 1. The minimum absolute atomic E-state index is 0. The highest BCUT2D eigenvalue weighted by atomic mass is 19.1. The van der Waals surface area contributed by atoms with Gasteiger partial charge < -0.3 is 34.2 Å². The summed E-state index contributed by atoms with van der Waals surface area (Å²) >= 11 is 0. The number of hydrogen-bond acceptors (Lipinski definition) is 10. The largest absolute Gasteiger partial charge is 0.379 e. The quantitative estimate of drug-likeness (QED) is 0.495. The lowest BCUT2D eigenvalue weighted by Crippen LogP contribution is -2.45. The zero-order valence-electron chi connectivity index (χ0n) is 23.3. The van der Waals surface area contributed by atoms with Gasteiger partial charge in [0.1, 0.15) is 5.82 Å². The maximum Gasteiger partial charge on any atom is 0.225 e. The third-order valence-corrected chi connectivity index (χ3v) is 6.99. The van der Waals surface area contributed by atoms with Gasteiger partial charge in [0.15, 0.2) is 5.82 Å². The van der Waals surface area contributed by atoms with E-state index < -0.39 is 6.29 Å². The predicted octanol–water partition coefficient (Wildman–Crippen LogP) is 3.45. The molecular weight excluding hydrogens is 517 g/mol. The number of halogens is 1. The van der Waals surface area contributed by atoms with Crippen LogP contribution in [0.25, 0.3) is 22.6 Å². The molecule has 0 aliphatic carbocycles. The van der Waals surface area contributed by atoms with Crippen molar-refractivity contribution in [3.63, 3.8) is 0 Å². The van der Waals surface area contributed by atoms with Crippen LogP contribution in [0.1, 0.15) is 27.4 Å². The van der Waals surface area contributed by atoms with Crippen LogP contribution in [0.15, 0.2) is 36.5 Å². The number of likely N-dealkylation sites (N-methyl/N-ethyl adjacent to an activating group) is 1. The highest BCUT2D eigenvalue weighted by Gasteiger charge is 2.32. The van der Waals surface area contributed by atoms with E-state index in [2.05, 4.69) is 40.7 Å². The molecule has 3 saturated heterocycles. The Labute approximate surface area is 235 Å². The number of hydrogen-bond donors (Lipinski definition) is 2. The number of nitrogens with one attached hydrogen (secondary N) is 1. The van der Waals surface area contributed by atoms with Crippen LogP contribution >= 0.6 is 0 Å². The number of imidazole rings is 1. The molecule has 11 nitrogen and oxygen atoms in total. The summed E-state index contributed by atoms with van der Waals surface area (Å²) in [6, 6.07) is 8.15. The zero-order valence-corrected chi connectivity index (χ0v) is 23.3. The first kappa shape index (κ1) is 28.5. The minimum Gasteiger partial charge on any atom is -0.379 e. The fourth-order valence-corrected chi connectivity index (χ4v) is 4.56. The molecule has 0 unspecified atom stereocenters. The molecule has 12 heteroatoms. The number of anilines is 1. The zero-order chi connectivity index (χ0) is 28.1. The van der Waals surface area contributed by atoms with Gasteiger partial charge >= 0.3 is 0 Å². The summed E-state index contributed by atoms with van der Waals surface area (Å²) in [6.45, 7) is 11.7. The van der Waals surface area contributed by atoms with Crippen molar-refractivity contribution in [2.45, 2.75) is 20.1 Å². The number of nitrogens with zero attached hydrogens (tertiary/aromatic N) is 6. The van der Waals surface area contributed by atoms with Gasteiger partial charge in [0.2, 0.25) is 12.2 Å². The number of rotatable bonds is 4. The van der Waals surface area contributed by atoms with Gasteiger partial charge in [-0.05, 0) is 37.4 Å². The summed E-state index contributed by atoms with van der Waals surface area (Å²) in [4.78, 5) is 22.0. The van der Waals surface area contributed by atoms with Gasteiger partial charge in [0.25, 0.3) is 0 Å². The first-order chi connectivity index (χ1) is 19.3. The molecule has 0 saturated carbocycles. The van der Waals surface area contributed by atoms with Gasteiger partial charge in [-0.15, -0.1) is 0 Å². The molecule has 6 rings (SSSR count). The molecule has 1 aromatic carbocycles. The van der Waals surface area contributed by atoms with E-state index in [1.54, 1.807) is 18.3 Å². The lowest BCUT2D eigenvalue weighted by molar-refractivity contribution is -0.229. The summed E-state index contributed by atoms with van der Waals surface area (Å²) < 4.78 is 30.4. The van der Waals surface area contributed by atoms with Crippen LogP contribution in [-0.4, -0.2) is 108 Å². The first-order valence-corrected chi connectivity index (χ1v) is 13.6. The second kappa shape index (κ2) is 12.7. The van der Waals surface area contributed by atoms with Crippen LogP contribution in [0.5, 0.6) is 0 Å². The average molecular weight is 558 g/mol. The van der Waals surface area contributed by atoms with E-state index in [1.165, 1.54) is 17.2 Å². The summed E-state index contributed by atoms with van der Waals surface area (Å²) in [6.07, 6.45) is 1.17. The number of hydroxylamine groups is 2. The monoisotopic (exact) mass is 557 g/mol. The number of benzene rings is 1. The van der Waals surface area contributed by atoms with Crippen LogP contribution in [0.4, 0.5) is 10.3 Å². The van der Waals surface area contributed by atoms with E-state index >= 15 is 0 Å². The highest BCUT2D eigenvalue weighted by Crippen LogP contribution is 2.35. The Balaban J connectivity index is 0.000000425. The topological polar surface area (TPSA) is 112 Å². The summed E-state index contributed by atoms with van der Waals surface area (Å²) in [5.74, 6) is 0.963. The Kier molecular flexibility index (Phi) is 9.03. The van der Waals surface area contributed by atoms with Gasteiger partial charge in [0.05, 0.1) is 43.5 Å². The fourth-order valence-electron chi connectivity index (χ4n) is 4.56. The number of aromatic nitrogens is 4. The van der Waals surface area contributed by atoms with E-state index in [0.29, 0.717) is 62.7 Å². The number of ether oxygens (including phenoxy) is 3. The summed E-state index contributed by atoms with van der Waals surface area (Å²) in [7, 11) is 2.12. The van der Waals surface area contributed by atoms with Crippen molar-refractivity contribution < 1.29 is 25.2 Å². The van der Waals surface area contributed by atoms with Gasteiger partial charge in [-0.2, -0.15) is 5.06 Å². The molecule has 0 amide bonds. The fraction of sp³-hybridized carbons (Fsp3) is 0.536. The smallest absolute Gasteiger partial charge is 0.225 e. The van der Waals surface area contributed by atoms with Gasteiger partial charge in [-0.3, -0.25) is 0 Å². The van der Waals surface area contributed by atoms with E-state index in [4.69, 9.17) is 29.4 Å². The molecule has 3 aliphatic rings. The maximum atomic E-state index is 13.6. The lowest BCUT2D eigenvalue weighted by Gasteiger charge is -2.33. The summed E-state index contributed by atoms with van der Waals surface area (Å²) in [5.41, 5.74) is 2.85.